The number of thioether (sulfide) groups is 1. The predicted octanol–water partition coefficient (Wildman–Crippen LogP) is 5.96. The summed E-state index contributed by atoms with van der Waals surface area (Å²) in [5.41, 5.74) is 0.343. The van der Waals surface area contributed by atoms with Crippen molar-refractivity contribution >= 4 is 21.8 Å². The zero-order valence-electron chi connectivity index (χ0n) is 16.8. The highest BCUT2D eigenvalue weighted by molar-refractivity contribution is 8.03. The van der Waals surface area contributed by atoms with Crippen LogP contribution in [0.25, 0.3) is 0 Å². The third-order valence-corrected chi connectivity index (χ3v) is 8.17. The van der Waals surface area contributed by atoms with Gasteiger partial charge in [0.05, 0.1) is 10.4 Å². The molecule has 0 fully saturated rings. The second kappa shape index (κ2) is 9.16. The van der Waals surface area contributed by atoms with Crippen LogP contribution < -0.4 is 0 Å². The largest absolute Gasteiger partial charge is 0.243 e. The normalized spacial score (nSPS) is 16.8. The molecule has 0 bridgehead atoms. The average molecular weight is 426 g/mol. The molecule has 0 radical (unpaired) electrons. The van der Waals surface area contributed by atoms with E-state index in [1.807, 2.05) is 37.3 Å². The van der Waals surface area contributed by atoms with Crippen molar-refractivity contribution < 1.29 is 8.42 Å². The molecule has 3 rings (SSSR count). The first kappa shape index (κ1) is 21.6. The summed E-state index contributed by atoms with van der Waals surface area (Å²) in [6.07, 6.45) is 7.46. The Hall–Kier alpha value is -2.08. The fraction of sp³-hybridized carbons (Fsp3) is 0.250. The Balaban J connectivity index is 2.03. The molecule has 3 nitrogen and oxygen atoms in total. The summed E-state index contributed by atoms with van der Waals surface area (Å²) in [5, 5.41) is 0. The molecule has 0 spiro atoms. The zero-order chi connectivity index (χ0) is 20.9. The average Bonchev–Trinajstić information content (AvgIpc) is 2.69. The van der Waals surface area contributed by atoms with Crippen LogP contribution in [0.4, 0.5) is 0 Å². The maximum atomic E-state index is 13.6. The van der Waals surface area contributed by atoms with Gasteiger partial charge in [-0.2, -0.15) is 4.31 Å². The first-order valence-corrected chi connectivity index (χ1v) is 11.9. The van der Waals surface area contributed by atoms with Gasteiger partial charge in [0.2, 0.25) is 10.0 Å². The van der Waals surface area contributed by atoms with Crippen LogP contribution in [0.1, 0.15) is 24.8 Å². The van der Waals surface area contributed by atoms with Gasteiger partial charge in [-0.1, -0.05) is 65.9 Å². The summed E-state index contributed by atoms with van der Waals surface area (Å²) in [7, 11) is -3.64. The van der Waals surface area contributed by atoms with E-state index in [-0.39, 0.29) is 0 Å². The fourth-order valence-corrected chi connectivity index (χ4v) is 6.51. The van der Waals surface area contributed by atoms with Gasteiger partial charge in [0.1, 0.15) is 0 Å². The van der Waals surface area contributed by atoms with Crippen molar-refractivity contribution in [3.8, 4) is 0 Å². The highest BCUT2D eigenvalue weighted by Gasteiger charge is 2.43. The van der Waals surface area contributed by atoms with Crippen LogP contribution in [-0.2, 0) is 10.0 Å². The van der Waals surface area contributed by atoms with Crippen molar-refractivity contribution in [2.45, 2.75) is 41.5 Å². The van der Waals surface area contributed by atoms with E-state index in [1.165, 1.54) is 4.91 Å². The molecule has 152 valence electrons. The van der Waals surface area contributed by atoms with Crippen molar-refractivity contribution in [2.75, 3.05) is 6.54 Å². The molecule has 0 aromatic heterocycles. The van der Waals surface area contributed by atoms with Crippen molar-refractivity contribution in [3.05, 3.63) is 96.5 Å². The monoisotopic (exact) mass is 425 g/mol. The molecule has 0 N–H and O–H groups in total. The van der Waals surface area contributed by atoms with Gasteiger partial charge < -0.3 is 0 Å². The maximum Gasteiger partial charge on any atom is 0.243 e. The third-order valence-electron chi connectivity index (χ3n) is 5.08. The molecule has 0 unspecified atom stereocenters. The second-order valence-corrected chi connectivity index (χ2v) is 10.3. The predicted molar refractivity (Wildman–Crippen MR) is 122 cm³/mol. The summed E-state index contributed by atoms with van der Waals surface area (Å²) in [6.45, 7) is 10.2. The number of benzene rings is 2. The van der Waals surface area contributed by atoms with Crippen molar-refractivity contribution in [1.29, 1.82) is 0 Å². The van der Waals surface area contributed by atoms with E-state index in [0.29, 0.717) is 30.7 Å². The minimum absolute atomic E-state index is 0.327. The molecule has 0 saturated carbocycles. The Morgan fingerprint density at radius 1 is 1.03 bits per heavy atom. The molecular weight excluding hydrogens is 398 g/mol. The number of aryl methyl sites for hydroxylation is 1. The van der Waals surface area contributed by atoms with E-state index in [4.69, 9.17) is 0 Å². The molecule has 1 heterocycles. The minimum atomic E-state index is -3.64. The van der Waals surface area contributed by atoms with E-state index < -0.39 is 15.6 Å². The van der Waals surface area contributed by atoms with Gasteiger partial charge in [-0.15, -0.1) is 13.2 Å². The molecule has 1 aliphatic rings. The molecule has 2 aromatic rings. The molecule has 0 amide bonds. The molecular formula is C24H27NO2S2. The van der Waals surface area contributed by atoms with E-state index >= 15 is 0 Å². The quantitative estimate of drug-likeness (QED) is 0.490. The van der Waals surface area contributed by atoms with Crippen molar-refractivity contribution in [3.63, 3.8) is 0 Å². The van der Waals surface area contributed by atoms with Crippen LogP contribution in [0.3, 0.4) is 0 Å². The van der Waals surface area contributed by atoms with Crippen LogP contribution in [0.2, 0.25) is 0 Å². The van der Waals surface area contributed by atoms with Gasteiger partial charge >= 0.3 is 0 Å². The minimum Gasteiger partial charge on any atom is -0.207 e. The van der Waals surface area contributed by atoms with Crippen LogP contribution in [0.5, 0.6) is 0 Å². The van der Waals surface area contributed by atoms with E-state index in [0.717, 1.165) is 10.5 Å². The van der Waals surface area contributed by atoms with E-state index in [1.54, 1.807) is 40.4 Å². The Labute approximate surface area is 178 Å². The summed E-state index contributed by atoms with van der Waals surface area (Å²) < 4.78 is 28.7. The molecule has 5 heteroatoms. The Kier molecular flexibility index (Phi) is 6.83. The maximum absolute atomic E-state index is 13.6. The van der Waals surface area contributed by atoms with Crippen LogP contribution >= 0.6 is 11.8 Å². The third kappa shape index (κ3) is 4.74. The van der Waals surface area contributed by atoms with E-state index in [9.17, 15) is 8.42 Å². The first-order valence-electron chi connectivity index (χ1n) is 9.67. The summed E-state index contributed by atoms with van der Waals surface area (Å²) >= 11 is 1.70. The van der Waals surface area contributed by atoms with Gasteiger partial charge in [0.25, 0.3) is 0 Å². The number of nitrogens with zero attached hydrogens (tertiary/aromatic N) is 1. The van der Waals surface area contributed by atoms with Gasteiger partial charge in [0, 0.05) is 11.4 Å². The van der Waals surface area contributed by atoms with Gasteiger partial charge in [-0.25, -0.2) is 8.42 Å². The molecule has 1 aliphatic heterocycles. The standard InChI is InChI=1S/C24H27NO2S2/c1-4-16-24(17-5-2)19-22(28-21-9-7-6-8-10-21)15-18-25(24)29(26,27)23-13-11-20(3)12-14-23/h4-14,19H,1-2,15-18H2,3H3. The Morgan fingerprint density at radius 3 is 2.24 bits per heavy atom. The van der Waals surface area contributed by atoms with Crippen molar-refractivity contribution in [1.82, 2.24) is 4.31 Å². The SMILES string of the molecule is C=CCC1(CC=C)C=C(Sc2ccccc2)CCN1S(=O)(=O)c1ccc(C)cc1. The molecule has 2 aromatic carbocycles. The van der Waals surface area contributed by atoms with Crippen LogP contribution in [0.15, 0.2) is 101 Å². The lowest BCUT2D eigenvalue weighted by Crippen LogP contribution is -2.52. The summed E-state index contributed by atoms with van der Waals surface area (Å²) in [6, 6.07) is 17.2. The lowest BCUT2D eigenvalue weighted by Gasteiger charge is -2.43. The summed E-state index contributed by atoms with van der Waals surface area (Å²) in [4.78, 5) is 2.66. The van der Waals surface area contributed by atoms with Crippen LogP contribution in [0, 0.1) is 6.92 Å². The molecule has 0 aliphatic carbocycles. The molecule has 0 saturated heterocycles. The number of hydrogen-bond donors (Lipinski definition) is 0. The lowest BCUT2D eigenvalue weighted by atomic mass is 9.88. The second-order valence-electron chi connectivity index (χ2n) is 7.26. The first-order chi connectivity index (χ1) is 13.9. The fourth-order valence-electron chi connectivity index (χ4n) is 3.70. The summed E-state index contributed by atoms with van der Waals surface area (Å²) in [5.74, 6) is 0. The Morgan fingerprint density at radius 2 is 1.66 bits per heavy atom. The van der Waals surface area contributed by atoms with E-state index in [2.05, 4.69) is 31.4 Å². The lowest BCUT2D eigenvalue weighted by molar-refractivity contribution is 0.233. The zero-order valence-corrected chi connectivity index (χ0v) is 18.4. The molecule has 0 atom stereocenters. The number of hydrogen-bond acceptors (Lipinski definition) is 3. The highest BCUT2D eigenvalue weighted by atomic mass is 32.2. The van der Waals surface area contributed by atoms with Gasteiger partial charge in [0.15, 0.2) is 0 Å². The van der Waals surface area contributed by atoms with Crippen LogP contribution in [-0.4, -0.2) is 24.8 Å². The Bertz CT molecular complexity index is 983. The van der Waals surface area contributed by atoms with Crippen molar-refractivity contribution in [2.24, 2.45) is 0 Å². The topological polar surface area (TPSA) is 37.4 Å². The smallest absolute Gasteiger partial charge is 0.207 e. The van der Waals surface area contributed by atoms with Gasteiger partial charge in [-0.3, -0.25) is 0 Å². The highest BCUT2D eigenvalue weighted by Crippen LogP contribution is 2.42. The molecule has 29 heavy (non-hydrogen) atoms. The number of sulfonamides is 1. The van der Waals surface area contributed by atoms with Gasteiger partial charge in [-0.05, 0) is 55.4 Å². The number of rotatable bonds is 8.